The minimum atomic E-state index is -0.853. The van der Waals surface area contributed by atoms with Crippen molar-refractivity contribution in [1.29, 1.82) is 0 Å². The van der Waals surface area contributed by atoms with Crippen molar-refractivity contribution < 1.29 is 23.8 Å². The Bertz CT molecular complexity index is 863. The maximum absolute atomic E-state index is 12.7. The molecule has 0 radical (unpaired) electrons. The van der Waals surface area contributed by atoms with Crippen LogP contribution in [0.5, 0.6) is 11.5 Å². The maximum Gasteiger partial charge on any atom is 0.339 e. The molecule has 1 aromatic heterocycles. The summed E-state index contributed by atoms with van der Waals surface area (Å²) in [5.74, 6) is 0.356. The van der Waals surface area contributed by atoms with E-state index >= 15 is 0 Å². The fourth-order valence-corrected chi connectivity index (χ4v) is 4.10. The molecule has 3 rings (SSSR count). The Morgan fingerprint density at radius 2 is 2.00 bits per heavy atom. The highest BCUT2D eigenvalue weighted by atomic mass is 32.1. The summed E-state index contributed by atoms with van der Waals surface area (Å²) in [5, 5.41) is 2.05. The average molecular weight is 418 g/mol. The Hall–Kier alpha value is -2.54. The van der Waals surface area contributed by atoms with Crippen LogP contribution >= 0.6 is 11.3 Å². The van der Waals surface area contributed by atoms with Crippen LogP contribution < -0.4 is 9.47 Å². The number of carbonyl (C=O) groups excluding carboxylic acids is 2. The molecule has 0 spiro atoms. The SMILES string of the molecule is CCCOc1ccc(C(=O)OC(C)C(=O)N2CCc3sccc3C2)cc1OCC. The molecule has 0 bridgehead atoms. The number of hydrogen-bond acceptors (Lipinski definition) is 6. The predicted octanol–water partition coefficient (Wildman–Crippen LogP) is 4.07. The minimum Gasteiger partial charge on any atom is -0.490 e. The quantitative estimate of drug-likeness (QED) is 0.606. The summed E-state index contributed by atoms with van der Waals surface area (Å²) >= 11 is 1.72. The fraction of sp³-hybridized carbons (Fsp3) is 0.455. The number of thiophene rings is 1. The number of benzene rings is 1. The Kier molecular flexibility index (Phi) is 7.14. The van der Waals surface area contributed by atoms with Gasteiger partial charge in [-0.3, -0.25) is 4.79 Å². The number of esters is 1. The number of hydrogen-bond donors (Lipinski definition) is 0. The van der Waals surface area contributed by atoms with Crippen LogP contribution in [0.15, 0.2) is 29.6 Å². The Balaban J connectivity index is 1.64. The second kappa shape index (κ2) is 9.78. The van der Waals surface area contributed by atoms with Crippen molar-refractivity contribution in [3.63, 3.8) is 0 Å². The number of carbonyl (C=O) groups is 2. The first-order chi connectivity index (χ1) is 14.0. The van der Waals surface area contributed by atoms with E-state index in [9.17, 15) is 9.59 Å². The highest BCUT2D eigenvalue weighted by Crippen LogP contribution is 2.29. The lowest BCUT2D eigenvalue weighted by Crippen LogP contribution is -2.42. The number of ether oxygens (including phenoxy) is 3. The van der Waals surface area contributed by atoms with E-state index in [0.717, 1.165) is 12.8 Å². The number of rotatable bonds is 8. The molecule has 2 aromatic rings. The standard InChI is InChI=1S/C22H27NO5S/c1-4-11-27-18-7-6-16(13-19(18)26-5-2)22(25)28-15(3)21(24)23-10-8-20-17(14-23)9-12-29-20/h6-7,9,12-13,15H,4-5,8,10-11,14H2,1-3H3. The molecule has 1 aromatic carbocycles. The molecular weight excluding hydrogens is 390 g/mol. The van der Waals surface area contributed by atoms with Crippen LogP contribution in [0, 0.1) is 0 Å². The van der Waals surface area contributed by atoms with Crippen molar-refractivity contribution in [2.45, 2.75) is 46.3 Å². The topological polar surface area (TPSA) is 65.1 Å². The monoisotopic (exact) mass is 417 g/mol. The van der Waals surface area contributed by atoms with Gasteiger partial charge >= 0.3 is 5.97 Å². The number of amides is 1. The molecule has 0 N–H and O–H groups in total. The van der Waals surface area contributed by atoms with E-state index in [1.165, 1.54) is 10.4 Å². The maximum atomic E-state index is 12.7. The second-order valence-electron chi connectivity index (χ2n) is 6.87. The summed E-state index contributed by atoms with van der Waals surface area (Å²) in [6, 6.07) is 6.98. The second-order valence-corrected chi connectivity index (χ2v) is 7.87. The molecule has 2 heterocycles. The normalized spacial score (nSPS) is 14.1. The van der Waals surface area contributed by atoms with E-state index in [1.54, 1.807) is 41.4 Å². The molecule has 1 aliphatic rings. The van der Waals surface area contributed by atoms with Crippen LogP contribution in [0.2, 0.25) is 0 Å². The zero-order chi connectivity index (χ0) is 20.8. The lowest BCUT2D eigenvalue weighted by atomic mass is 10.1. The largest absolute Gasteiger partial charge is 0.490 e. The summed E-state index contributed by atoms with van der Waals surface area (Å²) < 4.78 is 16.7. The highest BCUT2D eigenvalue weighted by Gasteiger charge is 2.28. The van der Waals surface area contributed by atoms with Gasteiger partial charge in [-0.15, -0.1) is 11.3 Å². The zero-order valence-electron chi connectivity index (χ0n) is 17.1. The molecule has 1 amide bonds. The van der Waals surface area contributed by atoms with Gasteiger partial charge in [0.15, 0.2) is 17.6 Å². The van der Waals surface area contributed by atoms with Crippen molar-refractivity contribution in [3.8, 4) is 11.5 Å². The van der Waals surface area contributed by atoms with Crippen LogP contribution in [0.25, 0.3) is 0 Å². The van der Waals surface area contributed by atoms with E-state index in [-0.39, 0.29) is 5.91 Å². The van der Waals surface area contributed by atoms with Gasteiger partial charge in [0, 0.05) is 18.0 Å². The van der Waals surface area contributed by atoms with Gasteiger partial charge in [0.25, 0.3) is 5.91 Å². The van der Waals surface area contributed by atoms with Crippen molar-refractivity contribution in [2.75, 3.05) is 19.8 Å². The third-order valence-electron chi connectivity index (χ3n) is 4.69. The molecule has 0 saturated carbocycles. The van der Waals surface area contributed by atoms with E-state index in [0.29, 0.717) is 43.4 Å². The van der Waals surface area contributed by atoms with Crippen molar-refractivity contribution >= 4 is 23.2 Å². The third-order valence-corrected chi connectivity index (χ3v) is 5.71. The first-order valence-electron chi connectivity index (χ1n) is 9.98. The smallest absolute Gasteiger partial charge is 0.339 e. The van der Waals surface area contributed by atoms with Crippen LogP contribution in [-0.2, 0) is 22.5 Å². The summed E-state index contributed by atoms with van der Waals surface area (Å²) in [5.41, 5.74) is 1.51. The molecular formula is C22H27NO5S. The lowest BCUT2D eigenvalue weighted by Gasteiger charge is -2.29. The molecule has 29 heavy (non-hydrogen) atoms. The van der Waals surface area contributed by atoms with Gasteiger partial charge in [-0.2, -0.15) is 0 Å². The lowest BCUT2D eigenvalue weighted by molar-refractivity contribution is -0.140. The van der Waals surface area contributed by atoms with Crippen LogP contribution in [0.1, 0.15) is 48.0 Å². The van der Waals surface area contributed by atoms with E-state index in [4.69, 9.17) is 14.2 Å². The Labute approximate surface area is 175 Å². The highest BCUT2D eigenvalue weighted by molar-refractivity contribution is 7.10. The Morgan fingerprint density at radius 3 is 2.76 bits per heavy atom. The first kappa shape index (κ1) is 21.2. The van der Waals surface area contributed by atoms with Gasteiger partial charge in [-0.05, 0) is 61.9 Å². The molecule has 1 atom stereocenters. The van der Waals surface area contributed by atoms with Crippen LogP contribution in [0.3, 0.4) is 0 Å². The molecule has 0 aliphatic carbocycles. The van der Waals surface area contributed by atoms with Crippen LogP contribution in [-0.4, -0.2) is 42.6 Å². The molecule has 1 aliphatic heterocycles. The summed E-state index contributed by atoms with van der Waals surface area (Å²) in [6.45, 7) is 7.74. The van der Waals surface area contributed by atoms with E-state index in [1.807, 2.05) is 25.3 Å². The predicted molar refractivity (Wildman–Crippen MR) is 112 cm³/mol. The molecule has 1 unspecified atom stereocenters. The van der Waals surface area contributed by atoms with Gasteiger partial charge in [0.1, 0.15) is 0 Å². The average Bonchev–Trinajstić information content (AvgIpc) is 3.20. The first-order valence-corrected chi connectivity index (χ1v) is 10.9. The van der Waals surface area contributed by atoms with E-state index < -0.39 is 12.1 Å². The molecule has 0 fully saturated rings. The molecule has 6 nitrogen and oxygen atoms in total. The fourth-order valence-electron chi connectivity index (χ4n) is 3.21. The van der Waals surface area contributed by atoms with Crippen molar-refractivity contribution in [1.82, 2.24) is 4.90 Å². The Morgan fingerprint density at radius 1 is 1.17 bits per heavy atom. The molecule has 0 saturated heterocycles. The molecule has 156 valence electrons. The van der Waals surface area contributed by atoms with Gasteiger partial charge in [-0.25, -0.2) is 4.79 Å². The van der Waals surface area contributed by atoms with Gasteiger partial charge in [0.05, 0.1) is 18.8 Å². The molecule has 7 heteroatoms. The van der Waals surface area contributed by atoms with Gasteiger partial charge < -0.3 is 19.1 Å². The zero-order valence-corrected chi connectivity index (χ0v) is 17.9. The van der Waals surface area contributed by atoms with Gasteiger partial charge in [-0.1, -0.05) is 6.92 Å². The number of fused-ring (bicyclic) bond motifs is 1. The van der Waals surface area contributed by atoms with Crippen molar-refractivity contribution in [3.05, 3.63) is 45.6 Å². The number of nitrogens with zero attached hydrogens (tertiary/aromatic N) is 1. The van der Waals surface area contributed by atoms with Crippen LogP contribution in [0.4, 0.5) is 0 Å². The summed E-state index contributed by atoms with van der Waals surface area (Å²) in [7, 11) is 0. The summed E-state index contributed by atoms with van der Waals surface area (Å²) in [4.78, 5) is 28.4. The van der Waals surface area contributed by atoms with Crippen molar-refractivity contribution in [2.24, 2.45) is 0 Å². The minimum absolute atomic E-state index is 0.178. The third kappa shape index (κ3) is 5.09. The summed E-state index contributed by atoms with van der Waals surface area (Å²) in [6.07, 6.45) is 0.864. The van der Waals surface area contributed by atoms with E-state index in [2.05, 4.69) is 0 Å². The van der Waals surface area contributed by atoms with Gasteiger partial charge in [0.2, 0.25) is 0 Å².